The Morgan fingerprint density at radius 1 is 1.60 bits per heavy atom. The third-order valence-corrected chi connectivity index (χ3v) is 2.41. The van der Waals surface area contributed by atoms with Crippen LogP contribution in [0.25, 0.3) is 0 Å². The van der Waals surface area contributed by atoms with Crippen molar-refractivity contribution in [2.24, 2.45) is 11.8 Å². The van der Waals surface area contributed by atoms with Crippen molar-refractivity contribution >= 4 is 5.97 Å². The number of nitrogens with zero attached hydrogens (tertiary/aromatic N) is 1. The number of hydrogen-bond acceptors (Lipinski definition) is 5. The number of aliphatic hydroxyl groups is 1. The second-order valence-electron chi connectivity index (χ2n) is 5.00. The quantitative estimate of drug-likeness (QED) is 0.497. The van der Waals surface area contributed by atoms with Crippen molar-refractivity contribution in [3.05, 3.63) is 0 Å². The maximum Gasteiger partial charge on any atom is 0.310 e. The highest BCUT2D eigenvalue weighted by atomic mass is 16.6. The minimum atomic E-state index is -0.464. The SMILES string of the molecule is CC(C)(C)OC(=O)[C@@H]1C[C@@H](CO)N(N)C1. The molecule has 5 nitrogen and oxygen atoms in total. The fraction of sp³-hybridized carbons (Fsp3) is 0.900. The second kappa shape index (κ2) is 4.47. The summed E-state index contributed by atoms with van der Waals surface area (Å²) >= 11 is 0. The lowest BCUT2D eigenvalue weighted by atomic mass is 10.1. The molecule has 0 spiro atoms. The first kappa shape index (κ1) is 12.4. The molecule has 1 fully saturated rings. The molecule has 0 radical (unpaired) electrons. The molecule has 5 heteroatoms. The van der Waals surface area contributed by atoms with Gasteiger partial charge in [-0.25, -0.2) is 5.01 Å². The standard InChI is InChI=1S/C10H20N2O3/c1-10(2,3)15-9(14)7-4-8(6-13)12(11)5-7/h7-8,13H,4-6,11H2,1-3H3/t7-,8+/m1/s1. The average Bonchev–Trinajstić information content (AvgIpc) is 2.43. The van der Waals surface area contributed by atoms with Crippen molar-refractivity contribution < 1.29 is 14.6 Å². The Morgan fingerprint density at radius 2 is 2.20 bits per heavy atom. The molecule has 0 aromatic heterocycles. The van der Waals surface area contributed by atoms with Gasteiger partial charge in [-0.2, -0.15) is 0 Å². The van der Waals surface area contributed by atoms with E-state index in [0.717, 1.165) is 0 Å². The van der Waals surface area contributed by atoms with Gasteiger partial charge in [0.05, 0.1) is 12.5 Å². The number of nitrogens with two attached hydrogens (primary N) is 1. The normalized spacial score (nSPS) is 28.1. The summed E-state index contributed by atoms with van der Waals surface area (Å²) in [4.78, 5) is 11.7. The Hall–Kier alpha value is -0.650. The van der Waals surface area contributed by atoms with Crippen LogP contribution >= 0.6 is 0 Å². The molecule has 0 aliphatic carbocycles. The van der Waals surface area contributed by atoms with Crippen LogP contribution in [0.3, 0.4) is 0 Å². The van der Waals surface area contributed by atoms with E-state index in [1.54, 1.807) is 0 Å². The molecule has 0 unspecified atom stereocenters. The third-order valence-electron chi connectivity index (χ3n) is 2.41. The first-order valence-corrected chi connectivity index (χ1v) is 5.18. The molecule has 1 heterocycles. The largest absolute Gasteiger partial charge is 0.460 e. The third kappa shape index (κ3) is 3.44. The Bertz CT molecular complexity index is 237. The summed E-state index contributed by atoms with van der Waals surface area (Å²) in [6.07, 6.45) is 0.571. The number of carbonyl (C=O) groups is 1. The lowest BCUT2D eigenvalue weighted by molar-refractivity contribution is -0.159. The van der Waals surface area contributed by atoms with Crippen molar-refractivity contribution in [3.63, 3.8) is 0 Å². The van der Waals surface area contributed by atoms with E-state index in [0.29, 0.717) is 13.0 Å². The van der Waals surface area contributed by atoms with Crippen molar-refractivity contribution in [1.29, 1.82) is 0 Å². The number of hydrazine groups is 1. The van der Waals surface area contributed by atoms with Crippen LogP contribution in [0, 0.1) is 5.92 Å². The maximum absolute atomic E-state index is 11.7. The summed E-state index contributed by atoms with van der Waals surface area (Å²) in [6, 6.07) is -0.123. The van der Waals surface area contributed by atoms with Gasteiger partial charge in [0.15, 0.2) is 0 Å². The Kier molecular flexibility index (Phi) is 3.70. The number of esters is 1. The smallest absolute Gasteiger partial charge is 0.310 e. The first-order valence-electron chi connectivity index (χ1n) is 5.18. The highest BCUT2D eigenvalue weighted by Gasteiger charge is 2.36. The van der Waals surface area contributed by atoms with Crippen molar-refractivity contribution in [2.75, 3.05) is 13.2 Å². The van der Waals surface area contributed by atoms with Gasteiger partial charge in [-0.15, -0.1) is 0 Å². The molecule has 3 N–H and O–H groups in total. The van der Waals surface area contributed by atoms with Crippen molar-refractivity contribution in [3.8, 4) is 0 Å². The van der Waals surface area contributed by atoms with Gasteiger partial charge in [-0.05, 0) is 27.2 Å². The predicted molar refractivity (Wildman–Crippen MR) is 55.7 cm³/mol. The molecule has 0 amide bonds. The Balaban J connectivity index is 2.50. The summed E-state index contributed by atoms with van der Waals surface area (Å²) < 4.78 is 5.26. The monoisotopic (exact) mass is 216 g/mol. The minimum absolute atomic E-state index is 0.0181. The molecule has 15 heavy (non-hydrogen) atoms. The van der Waals surface area contributed by atoms with Gasteiger partial charge in [0.25, 0.3) is 0 Å². The van der Waals surface area contributed by atoms with E-state index in [4.69, 9.17) is 15.7 Å². The van der Waals surface area contributed by atoms with Crippen LogP contribution in [-0.2, 0) is 9.53 Å². The van der Waals surface area contributed by atoms with Crippen LogP contribution in [0.5, 0.6) is 0 Å². The molecule has 0 aromatic carbocycles. The van der Waals surface area contributed by atoms with Gasteiger partial charge in [0.1, 0.15) is 5.60 Å². The summed E-state index contributed by atoms with van der Waals surface area (Å²) in [6.45, 7) is 5.95. The topological polar surface area (TPSA) is 75.8 Å². The molecule has 88 valence electrons. The zero-order valence-corrected chi connectivity index (χ0v) is 9.56. The fourth-order valence-corrected chi connectivity index (χ4v) is 1.68. The second-order valence-corrected chi connectivity index (χ2v) is 5.00. The van der Waals surface area contributed by atoms with Crippen LogP contribution < -0.4 is 5.84 Å². The molecule has 1 aliphatic rings. The van der Waals surface area contributed by atoms with Crippen LogP contribution in [-0.4, -0.2) is 40.9 Å². The average molecular weight is 216 g/mol. The van der Waals surface area contributed by atoms with Crippen LogP contribution in [0.1, 0.15) is 27.2 Å². The molecule has 1 aliphatic heterocycles. The lowest BCUT2D eigenvalue weighted by Crippen LogP contribution is -2.38. The number of carbonyl (C=O) groups excluding carboxylic acids is 1. The Morgan fingerprint density at radius 3 is 2.60 bits per heavy atom. The molecule has 2 atom stereocenters. The molecule has 1 rings (SSSR count). The van der Waals surface area contributed by atoms with Crippen LogP contribution in [0.2, 0.25) is 0 Å². The van der Waals surface area contributed by atoms with Gasteiger partial charge in [0.2, 0.25) is 0 Å². The predicted octanol–water partition coefficient (Wildman–Crippen LogP) is -0.115. The minimum Gasteiger partial charge on any atom is -0.460 e. The van der Waals surface area contributed by atoms with Crippen molar-refractivity contribution in [2.45, 2.75) is 38.8 Å². The summed E-state index contributed by atoms with van der Waals surface area (Å²) in [7, 11) is 0. The lowest BCUT2D eigenvalue weighted by Gasteiger charge is -2.21. The van der Waals surface area contributed by atoms with E-state index in [9.17, 15) is 4.79 Å². The number of aliphatic hydroxyl groups excluding tert-OH is 1. The highest BCUT2D eigenvalue weighted by molar-refractivity contribution is 5.73. The van der Waals surface area contributed by atoms with E-state index in [-0.39, 0.29) is 24.5 Å². The van der Waals surface area contributed by atoms with Gasteiger partial charge >= 0.3 is 5.97 Å². The maximum atomic E-state index is 11.7. The van der Waals surface area contributed by atoms with Crippen molar-refractivity contribution in [1.82, 2.24) is 5.01 Å². The molecular formula is C10H20N2O3. The fourth-order valence-electron chi connectivity index (χ4n) is 1.68. The van der Waals surface area contributed by atoms with E-state index in [1.165, 1.54) is 5.01 Å². The number of ether oxygens (including phenoxy) is 1. The van der Waals surface area contributed by atoms with E-state index in [2.05, 4.69) is 0 Å². The van der Waals surface area contributed by atoms with Gasteiger partial charge < -0.3 is 9.84 Å². The number of rotatable bonds is 2. The van der Waals surface area contributed by atoms with Crippen LogP contribution in [0.4, 0.5) is 0 Å². The number of hydrogen-bond donors (Lipinski definition) is 2. The summed E-state index contributed by atoms with van der Waals surface area (Å²) in [5.41, 5.74) is -0.464. The molecular weight excluding hydrogens is 196 g/mol. The van der Waals surface area contributed by atoms with Gasteiger partial charge in [-0.1, -0.05) is 0 Å². The van der Waals surface area contributed by atoms with Gasteiger partial charge in [0, 0.05) is 12.6 Å². The van der Waals surface area contributed by atoms with Crippen LogP contribution in [0.15, 0.2) is 0 Å². The zero-order valence-electron chi connectivity index (χ0n) is 9.56. The highest BCUT2D eigenvalue weighted by Crippen LogP contribution is 2.23. The zero-order chi connectivity index (χ0) is 11.6. The van der Waals surface area contributed by atoms with E-state index in [1.807, 2.05) is 20.8 Å². The van der Waals surface area contributed by atoms with Gasteiger partial charge in [-0.3, -0.25) is 10.6 Å². The Labute approximate surface area is 90.2 Å². The molecule has 0 bridgehead atoms. The molecule has 1 saturated heterocycles. The molecule has 0 saturated carbocycles. The summed E-state index contributed by atoms with van der Waals surface area (Å²) in [5.74, 6) is 5.20. The summed E-state index contributed by atoms with van der Waals surface area (Å²) in [5, 5.41) is 10.5. The van der Waals surface area contributed by atoms with E-state index >= 15 is 0 Å². The molecule has 0 aromatic rings. The first-order chi connectivity index (χ1) is 6.83. The van der Waals surface area contributed by atoms with E-state index < -0.39 is 5.60 Å².